The number of benzene rings is 1. The Bertz CT molecular complexity index is 1030. The molecule has 0 bridgehead atoms. The lowest BCUT2D eigenvalue weighted by molar-refractivity contribution is 0.415. The number of methoxy groups -OCH3 is 1. The number of ether oxygens (including phenoxy) is 1. The number of hydrogen-bond acceptors (Lipinski definition) is 7. The lowest BCUT2D eigenvalue weighted by Gasteiger charge is -2.08. The van der Waals surface area contributed by atoms with Crippen LogP contribution in [-0.2, 0) is 6.54 Å². The number of nitrogens with one attached hydrogen (secondary N) is 3. The van der Waals surface area contributed by atoms with Crippen molar-refractivity contribution in [2.24, 2.45) is 0 Å². The molecule has 3 aromatic heterocycles. The summed E-state index contributed by atoms with van der Waals surface area (Å²) >= 11 is 0. The third kappa shape index (κ3) is 4.07. The van der Waals surface area contributed by atoms with Crippen LogP contribution in [0.2, 0.25) is 0 Å². The van der Waals surface area contributed by atoms with Gasteiger partial charge < -0.3 is 15.4 Å². The van der Waals surface area contributed by atoms with Gasteiger partial charge in [-0.25, -0.2) is 4.98 Å². The van der Waals surface area contributed by atoms with Gasteiger partial charge in [0.15, 0.2) is 5.82 Å². The quantitative estimate of drug-likeness (QED) is 0.455. The summed E-state index contributed by atoms with van der Waals surface area (Å²) in [7, 11) is 1.64. The van der Waals surface area contributed by atoms with Gasteiger partial charge in [-0.3, -0.25) is 10.1 Å². The number of anilines is 3. The second kappa shape index (κ2) is 8.17. The zero-order valence-corrected chi connectivity index (χ0v) is 15.3. The average molecular weight is 373 g/mol. The first-order chi connectivity index (χ1) is 13.8. The van der Waals surface area contributed by atoms with Gasteiger partial charge in [0.05, 0.1) is 12.7 Å². The smallest absolute Gasteiger partial charge is 0.246 e. The van der Waals surface area contributed by atoms with Crippen molar-refractivity contribution >= 4 is 17.5 Å². The van der Waals surface area contributed by atoms with Crippen LogP contribution in [0.1, 0.15) is 5.56 Å². The van der Waals surface area contributed by atoms with Crippen molar-refractivity contribution in [3.05, 3.63) is 72.7 Å². The molecule has 4 rings (SSSR count). The van der Waals surface area contributed by atoms with Gasteiger partial charge in [-0.2, -0.15) is 4.98 Å². The van der Waals surface area contributed by atoms with Crippen LogP contribution in [-0.4, -0.2) is 32.3 Å². The van der Waals surface area contributed by atoms with Gasteiger partial charge in [0.25, 0.3) is 0 Å². The molecule has 3 N–H and O–H groups in total. The van der Waals surface area contributed by atoms with E-state index in [-0.39, 0.29) is 0 Å². The summed E-state index contributed by atoms with van der Waals surface area (Å²) in [6.07, 6.45) is 5.31. The Morgan fingerprint density at radius 1 is 1.04 bits per heavy atom. The first kappa shape index (κ1) is 17.5. The average Bonchev–Trinajstić information content (AvgIpc) is 3.22. The SMILES string of the molecule is COc1ccc(Nc2n[nH]c(-c3cccnc3NCc3cccnc3)n2)cc1. The molecule has 8 nitrogen and oxygen atoms in total. The fourth-order valence-electron chi connectivity index (χ4n) is 2.67. The maximum absolute atomic E-state index is 5.17. The largest absolute Gasteiger partial charge is 0.497 e. The van der Waals surface area contributed by atoms with E-state index < -0.39 is 0 Å². The third-order valence-corrected chi connectivity index (χ3v) is 4.08. The summed E-state index contributed by atoms with van der Waals surface area (Å²) in [6, 6.07) is 15.3. The van der Waals surface area contributed by atoms with Gasteiger partial charge in [-0.05, 0) is 48.0 Å². The van der Waals surface area contributed by atoms with Crippen LogP contribution in [0.4, 0.5) is 17.5 Å². The summed E-state index contributed by atoms with van der Waals surface area (Å²) in [6.45, 7) is 0.614. The maximum atomic E-state index is 5.17. The Kier molecular flexibility index (Phi) is 5.10. The summed E-state index contributed by atoms with van der Waals surface area (Å²) in [5.74, 6) is 2.61. The Balaban J connectivity index is 1.50. The molecule has 140 valence electrons. The van der Waals surface area contributed by atoms with E-state index in [0.29, 0.717) is 18.3 Å². The minimum atomic E-state index is 0.474. The van der Waals surface area contributed by atoms with E-state index in [2.05, 4.69) is 35.8 Å². The first-order valence-electron chi connectivity index (χ1n) is 8.73. The van der Waals surface area contributed by atoms with E-state index in [0.717, 1.165) is 28.4 Å². The number of hydrogen-bond donors (Lipinski definition) is 3. The summed E-state index contributed by atoms with van der Waals surface area (Å²) in [5.41, 5.74) is 2.77. The standard InChI is InChI=1S/C20H19N7O/c1-28-16-8-6-15(7-9-16)24-20-25-19(26-27-20)17-5-3-11-22-18(17)23-13-14-4-2-10-21-12-14/h2-12H,13H2,1H3,(H,22,23)(H2,24,25,26,27). The number of nitrogens with zero attached hydrogens (tertiary/aromatic N) is 4. The van der Waals surface area contributed by atoms with Gasteiger partial charge in [0.2, 0.25) is 5.95 Å². The van der Waals surface area contributed by atoms with Crippen LogP contribution >= 0.6 is 0 Å². The Hall–Kier alpha value is -3.94. The first-order valence-corrected chi connectivity index (χ1v) is 8.73. The van der Waals surface area contributed by atoms with E-state index in [1.165, 1.54) is 0 Å². The van der Waals surface area contributed by atoms with Gasteiger partial charge in [-0.1, -0.05) is 6.07 Å². The molecule has 1 aromatic carbocycles. The molecule has 0 saturated heterocycles. The van der Waals surface area contributed by atoms with Crippen molar-refractivity contribution in [3.8, 4) is 17.1 Å². The van der Waals surface area contributed by atoms with Crippen LogP contribution in [0.25, 0.3) is 11.4 Å². The fourth-order valence-corrected chi connectivity index (χ4v) is 2.67. The Labute approximate surface area is 162 Å². The van der Waals surface area contributed by atoms with Gasteiger partial charge >= 0.3 is 0 Å². The highest BCUT2D eigenvalue weighted by atomic mass is 16.5. The maximum Gasteiger partial charge on any atom is 0.246 e. The minimum absolute atomic E-state index is 0.474. The van der Waals surface area contributed by atoms with Crippen LogP contribution in [0, 0.1) is 0 Å². The molecule has 0 fully saturated rings. The molecule has 0 atom stereocenters. The highest BCUT2D eigenvalue weighted by Crippen LogP contribution is 2.25. The molecule has 0 aliphatic carbocycles. The predicted molar refractivity (Wildman–Crippen MR) is 107 cm³/mol. The number of aromatic amines is 1. The molecule has 0 spiro atoms. The molecule has 28 heavy (non-hydrogen) atoms. The Morgan fingerprint density at radius 2 is 1.89 bits per heavy atom. The van der Waals surface area contributed by atoms with E-state index in [1.807, 2.05) is 54.7 Å². The molecular formula is C20H19N7O. The van der Waals surface area contributed by atoms with Gasteiger partial charge in [0, 0.05) is 30.8 Å². The lowest BCUT2D eigenvalue weighted by atomic mass is 10.2. The summed E-state index contributed by atoms with van der Waals surface area (Å²) in [4.78, 5) is 13.1. The monoisotopic (exact) mass is 373 g/mol. The molecule has 0 radical (unpaired) electrons. The van der Waals surface area contributed by atoms with E-state index in [1.54, 1.807) is 19.5 Å². The number of rotatable bonds is 7. The van der Waals surface area contributed by atoms with Crippen molar-refractivity contribution in [1.82, 2.24) is 25.1 Å². The van der Waals surface area contributed by atoms with Crippen LogP contribution in [0.15, 0.2) is 67.1 Å². The zero-order chi connectivity index (χ0) is 19.2. The number of aromatic nitrogens is 5. The van der Waals surface area contributed by atoms with E-state index in [4.69, 9.17) is 4.74 Å². The molecule has 3 heterocycles. The lowest BCUT2D eigenvalue weighted by Crippen LogP contribution is -2.03. The normalized spacial score (nSPS) is 10.5. The number of pyridine rings is 2. The Morgan fingerprint density at radius 3 is 2.68 bits per heavy atom. The van der Waals surface area contributed by atoms with Crippen LogP contribution < -0.4 is 15.4 Å². The fraction of sp³-hybridized carbons (Fsp3) is 0.100. The van der Waals surface area contributed by atoms with Crippen molar-refractivity contribution in [2.75, 3.05) is 17.7 Å². The molecule has 4 aromatic rings. The predicted octanol–water partition coefficient (Wildman–Crippen LogP) is 3.63. The van der Waals surface area contributed by atoms with Crippen molar-refractivity contribution in [2.45, 2.75) is 6.54 Å². The third-order valence-electron chi connectivity index (χ3n) is 4.08. The molecule has 0 amide bonds. The van der Waals surface area contributed by atoms with Crippen molar-refractivity contribution in [3.63, 3.8) is 0 Å². The topological polar surface area (TPSA) is 101 Å². The van der Waals surface area contributed by atoms with Gasteiger partial charge in [0.1, 0.15) is 11.6 Å². The van der Waals surface area contributed by atoms with Crippen molar-refractivity contribution < 1.29 is 4.74 Å². The van der Waals surface area contributed by atoms with Gasteiger partial charge in [-0.15, -0.1) is 5.10 Å². The van der Waals surface area contributed by atoms with Crippen molar-refractivity contribution in [1.29, 1.82) is 0 Å². The molecule has 8 heteroatoms. The number of H-pyrrole nitrogens is 1. The van der Waals surface area contributed by atoms with E-state index >= 15 is 0 Å². The van der Waals surface area contributed by atoms with Crippen LogP contribution in [0.3, 0.4) is 0 Å². The zero-order valence-electron chi connectivity index (χ0n) is 15.3. The molecule has 0 unspecified atom stereocenters. The molecule has 0 saturated carbocycles. The molecular weight excluding hydrogens is 354 g/mol. The molecule has 0 aliphatic rings. The van der Waals surface area contributed by atoms with Crippen LogP contribution in [0.5, 0.6) is 5.75 Å². The second-order valence-electron chi connectivity index (χ2n) is 5.98. The molecule has 0 aliphatic heterocycles. The van der Waals surface area contributed by atoms with E-state index in [9.17, 15) is 0 Å². The summed E-state index contributed by atoms with van der Waals surface area (Å²) in [5, 5.41) is 13.7. The minimum Gasteiger partial charge on any atom is -0.497 e. The second-order valence-corrected chi connectivity index (χ2v) is 5.98. The highest BCUT2D eigenvalue weighted by molar-refractivity contribution is 5.70. The highest BCUT2D eigenvalue weighted by Gasteiger charge is 2.11. The summed E-state index contributed by atoms with van der Waals surface area (Å²) < 4.78 is 5.17.